The van der Waals surface area contributed by atoms with E-state index in [1.165, 1.54) is 6.26 Å². The Morgan fingerprint density at radius 1 is 1.38 bits per heavy atom. The van der Waals surface area contributed by atoms with Gasteiger partial charge < -0.3 is 10.5 Å². The van der Waals surface area contributed by atoms with Gasteiger partial charge in [0.05, 0.1) is 11.4 Å². The lowest BCUT2D eigenvalue weighted by atomic mass is 10.1. The Balaban J connectivity index is 3.58. The summed E-state index contributed by atoms with van der Waals surface area (Å²) in [5.41, 5.74) is 5.08. The van der Waals surface area contributed by atoms with Crippen LogP contribution in [0.2, 0.25) is 0 Å². The van der Waals surface area contributed by atoms with E-state index in [0.717, 1.165) is 0 Å². The van der Waals surface area contributed by atoms with Gasteiger partial charge in [-0.2, -0.15) is 0 Å². The Morgan fingerprint density at radius 3 is 2.31 bits per heavy atom. The monoisotopic (exact) mass is 209 g/mol. The molecule has 0 heterocycles. The Kier molecular flexibility index (Phi) is 4.88. The summed E-state index contributed by atoms with van der Waals surface area (Å²) in [7, 11) is -2.86. The molecule has 0 fully saturated rings. The standard InChI is InChI=1S/C8H19NO3S/c1-8(2,7-9)12-5-4-6-13(3,10)11/h4-7,9H2,1-3H3. The smallest absolute Gasteiger partial charge is 0.147 e. The molecule has 0 aromatic heterocycles. The third kappa shape index (κ3) is 8.21. The highest BCUT2D eigenvalue weighted by Gasteiger charge is 2.15. The minimum atomic E-state index is -2.86. The second kappa shape index (κ2) is 4.93. The third-order valence-corrected chi connectivity index (χ3v) is 2.67. The van der Waals surface area contributed by atoms with E-state index in [1.807, 2.05) is 13.8 Å². The highest BCUT2D eigenvalue weighted by Crippen LogP contribution is 2.06. The van der Waals surface area contributed by atoms with Crippen molar-refractivity contribution in [2.45, 2.75) is 25.9 Å². The zero-order valence-corrected chi connectivity index (χ0v) is 9.36. The number of sulfone groups is 1. The molecule has 0 radical (unpaired) electrons. The fourth-order valence-electron chi connectivity index (χ4n) is 0.729. The predicted molar refractivity (Wildman–Crippen MR) is 53.4 cm³/mol. The van der Waals surface area contributed by atoms with Gasteiger partial charge >= 0.3 is 0 Å². The minimum Gasteiger partial charge on any atom is -0.374 e. The van der Waals surface area contributed by atoms with Crippen LogP contribution >= 0.6 is 0 Å². The highest BCUT2D eigenvalue weighted by molar-refractivity contribution is 7.90. The predicted octanol–water partition coefficient (Wildman–Crippen LogP) is 0.175. The Morgan fingerprint density at radius 2 is 1.92 bits per heavy atom. The molecule has 0 saturated heterocycles. The van der Waals surface area contributed by atoms with Crippen LogP contribution in [0.1, 0.15) is 20.3 Å². The van der Waals surface area contributed by atoms with Crippen LogP contribution in [0.5, 0.6) is 0 Å². The molecule has 0 aromatic carbocycles. The van der Waals surface area contributed by atoms with Crippen LogP contribution in [0.25, 0.3) is 0 Å². The maximum atomic E-state index is 10.7. The molecule has 0 spiro atoms. The van der Waals surface area contributed by atoms with Crippen LogP contribution in [-0.2, 0) is 14.6 Å². The van der Waals surface area contributed by atoms with Crippen molar-refractivity contribution < 1.29 is 13.2 Å². The molecular formula is C8H19NO3S. The van der Waals surface area contributed by atoms with Crippen molar-refractivity contribution in [1.29, 1.82) is 0 Å². The molecule has 0 rings (SSSR count). The summed E-state index contributed by atoms with van der Waals surface area (Å²) in [5.74, 6) is 0.174. The molecule has 5 heteroatoms. The number of ether oxygens (including phenoxy) is 1. The summed E-state index contributed by atoms with van der Waals surface area (Å²) in [6.45, 7) is 4.64. The lowest BCUT2D eigenvalue weighted by Crippen LogP contribution is -2.34. The van der Waals surface area contributed by atoms with Gasteiger partial charge in [-0.3, -0.25) is 0 Å². The fourth-order valence-corrected chi connectivity index (χ4v) is 1.37. The number of rotatable bonds is 6. The van der Waals surface area contributed by atoms with Crippen LogP contribution in [0.4, 0.5) is 0 Å². The molecule has 13 heavy (non-hydrogen) atoms. The molecule has 4 nitrogen and oxygen atoms in total. The van der Waals surface area contributed by atoms with Gasteiger partial charge in [-0.25, -0.2) is 8.42 Å². The molecule has 0 saturated carbocycles. The first-order chi connectivity index (χ1) is 5.77. The van der Waals surface area contributed by atoms with Gasteiger partial charge in [-0.15, -0.1) is 0 Å². The van der Waals surface area contributed by atoms with Gasteiger partial charge in [0.1, 0.15) is 9.84 Å². The van der Waals surface area contributed by atoms with Crippen molar-refractivity contribution in [3.05, 3.63) is 0 Å². The van der Waals surface area contributed by atoms with Crippen molar-refractivity contribution in [2.75, 3.05) is 25.2 Å². The van der Waals surface area contributed by atoms with E-state index in [9.17, 15) is 8.42 Å². The lowest BCUT2D eigenvalue weighted by Gasteiger charge is -2.22. The molecular weight excluding hydrogens is 190 g/mol. The summed E-state index contributed by atoms with van der Waals surface area (Å²) in [4.78, 5) is 0. The van der Waals surface area contributed by atoms with Crippen molar-refractivity contribution in [3.63, 3.8) is 0 Å². The van der Waals surface area contributed by atoms with Crippen LogP contribution in [0.15, 0.2) is 0 Å². The highest BCUT2D eigenvalue weighted by atomic mass is 32.2. The molecule has 0 bridgehead atoms. The normalized spacial score (nSPS) is 13.2. The molecule has 0 aliphatic heterocycles. The molecule has 0 amide bonds. The van der Waals surface area contributed by atoms with Gasteiger partial charge in [0, 0.05) is 19.4 Å². The average molecular weight is 209 g/mol. The van der Waals surface area contributed by atoms with Crippen LogP contribution in [0.3, 0.4) is 0 Å². The number of hydrogen-bond donors (Lipinski definition) is 1. The van der Waals surface area contributed by atoms with Gasteiger partial charge in [-0.05, 0) is 20.3 Å². The molecule has 0 aliphatic carbocycles. The number of nitrogens with two attached hydrogens (primary N) is 1. The van der Waals surface area contributed by atoms with E-state index in [1.54, 1.807) is 0 Å². The quantitative estimate of drug-likeness (QED) is 0.633. The summed E-state index contributed by atoms with van der Waals surface area (Å²) >= 11 is 0. The summed E-state index contributed by atoms with van der Waals surface area (Å²) in [6, 6.07) is 0. The molecule has 0 aliphatic rings. The zero-order chi connectivity index (χ0) is 10.5. The van der Waals surface area contributed by atoms with E-state index in [2.05, 4.69) is 0 Å². The molecule has 2 N–H and O–H groups in total. The van der Waals surface area contributed by atoms with Crippen molar-refractivity contribution >= 4 is 9.84 Å². The van der Waals surface area contributed by atoms with Crippen LogP contribution in [0, 0.1) is 0 Å². The minimum absolute atomic E-state index is 0.174. The van der Waals surface area contributed by atoms with Crippen molar-refractivity contribution in [1.82, 2.24) is 0 Å². The zero-order valence-electron chi connectivity index (χ0n) is 8.54. The van der Waals surface area contributed by atoms with E-state index in [-0.39, 0.29) is 11.4 Å². The molecule has 0 atom stereocenters. The fraction of sp³-hybridized carbons (Fsp3) is 1.00. The van der Waals surface area contributed by atoms with E-state index in [4.69, 9.17) is 10.5 Å². The van der Waals surface area contributed by atoms with Crippen LogP contribution < -0.4 is 5.73 Å². The lowest BCUT2D eigenvalue weighted by molar-refractivity contribution is -0.00961. The maximum Gasteiger partial charge on any atom is 0.147 e. The molecule has 0 unspecified atom stereocenters. The second-order valence-electron chi connectivity index (χ2n) is 3.80. The Hall–Kier alpha value is -0.130. The Labute approximate surface area is 80.4 Å². The first-order valence-electron chi connectivity index (χ1n) is 4.28. The Bertz CT molecular complexity index is 234. The molecule has 80 valence electrons. The van der Waals surface area contributed by atoms with Gasteiger partial charge in [0.15, 0.2) is 0 Å². The van der Waals surface area contributed by atoms with Gasteiger partial charge in [0.2, 0.25) is 0 Å². The van der Waals surface area contributed by atoms with Crippen LogP contribution in [-0.4, -0.2) is 39.2 Å². The number of hydrogen-bond acceptors (Lipinski definition) is 4. The third-order valence-electron chi connectivity index (χ3n) is 1.64. The maximum absolute atomic E-state index is 10.7. The second-order valence-corrected chi connectivity index (χ2v) is 6.06. The van der Waals surface area contributed by atoms with Crippen molar-refractivity contribution in [3.8, 4) is 0 Å². The summed E-state index contributed by atoms with van der Waals surface area (Å²) in [5, 5.41) is 0. The average Bonchev–Trinajstić information content (AvgIpc) is 1.97. The summed E-state index contributed by atoms with van der Waals surface area (Å²) in [6.07, 6.45) is 1.75. The van der Waals surface area contributed by atoms with E-state index >= 15 is 0 Å². The first kappa shape index (κ1) is 12.9. The largest absolute Gasteiger partial charge is 0.374 e. The van der Waals surface area contributed by atoms with E-state index < -0.39 is 9.84 Å². The van der Waals surface area contributed by atoms with Gasteiger partial charge in [-0.1, -0.05) is 0 Å². The van der Waals surface area contributed by atoms with Gasteiger partial charge in [0.25, 0.3) is 0 Å². The van der Waals surface area contributed by atoms with Crippen molar-refractivity contribution in [2.24, 2.45) is 5.73 Å². The van der Waals surface area contributed by atoms with E-state index in [0.29, 0.717) is 19.6 Å². The molecule has 0 aromatic rings. The summed E-state index contributed by atoms with van der Waals surface area (Å²) < 4.78 is 26.9. The topological polar surface area (TPSA) is 69.4 Å². The SMILES string of the molecule is CC(C)(CN)OCCCS(C)(=O)=O. The first-order valence-corrected chi connectivity index (χ1v) is 6.35.